The zero-order valence-electron chi connectivity index (χ0n) is 8.92. The van der Waals surface area contributed by atoms with Gasteiger partial charge in [-0.3, -0.25) is 0 Å². The molecule has 0 N–H and O–H groups in total. The average molecular weight is 270 g/mol. The maximum Gasteiger partial charge on any atom is 0.205 e. The Labute approximate surface area is 98.7 Å². The van der Waals surface area contributed by atoms with Gasteiger partial charge in [0.1, 0.15) is 5.75 Å². The second kappa shape index (κ2) is 4.14. The fourth-order valence-corrected chi connectivity index (χ4v) is 1.95. The summed E-state index contributed by atoms with van der Waals surface area (Å²) in [5.74, 6) is 0.422. The van der Waals surface area contributed by atoms with Crippen LogP contribution in [-0.2, 0) is 11.3 Å². The first-order chi connectivity index (χ1) is 7.11. The molecule has 1 aromatic rings. The molecule has 0 fully saturated rings. The van der Waals surface area contributed by atoms with E-state index in [0.29, 0.717) is 6.61 Å². The summed E-state index contributed by atoms with van der Waals surface area (Å²) >= 11 is 3.38. The first-order valence-electron chi connectivity index (χ1n) is 4.96. The molecule has 0 saturated carbocycles. The van der Waals surface area contributed by atoms with Crippen LogP contribution in [0.4, 0.5) is 0 Å². The number of fused-ring (bicyclic) bond motifs is 1. The highest BCUT2D eigenvalue weighted by atomic mass is 79.9. The van der Waals surface area contributed by atoms with E-state index in [1.54, 1.807) is 0 Å². The summed E-state index contributed by atoms with van der Waals surface area (Å²) in [5.41, 5.74) is 2.31. The highest BCUT2D eigenvalue weighted by Gasteiger charge is 2.27. The molecule has 1 aliphatic heterocycles. The van der Waals surface area contributed by atoms with Crippen molar-refractivity contribution < 1.29 is 9.47 Å². The fourth-order valence-electron chi connectivity index (χ4n) is 1.57. The van der Waals surface area contributed by atoms with Crippen LogP contribution in [-0.4, -0.2) is 11.1 Å². The van der Waals surface area contributed by atoms with Crippen LogP contribution in [0, 0.1) is 6.42 Å². The van der Waals surface area contributed by atoms with Crippen molar-refractivity contribution in [3.8, 4) is 5.75 Å². The van der Waals surface area contributed by atoms with Crippen LogP contribution in [0.1, 0.15) is 25.0 Å². The summed E-state index contributed by atoms with van der Waals surface area (Å²) in [6.07, 6.45) is 2.11. The lowest BCUT2D eigenvalue weighted by Gasteiger charge is -2.32. The molecular formula is C12H14BrO2. The third kappa shape index (κ3) is 2.52. The Morgan fingerprint density at radius 1 is 1.47 bits per heavy atom. The van der Waals surface area contributed by atoms with E-state index in [9.17, 15) is 0 Å². The molecule has 0 aliphatic carbocycles. The minimum atomic E-state index is -0.506. The van der Waals surface area contributed by atoms with Crippen molar-refractivity contribution in [2.45, 2.75) is 26.2 Å². The molecule has 0 aromatic heterocycles. The van der Waals surface area contributed by atoms with Crippen molar-refractivity contribution in [2.75, 3.05) is 5.33 Å². The zero-order valence-corrected chi connectivity index (χ0v) is 10.5. The molecule has 0 spiro atoms. The van der Waals surface area contributed by atoms with E-state index in [0.717, 1.165) is 16.6 Å². The van der Waals surface area contributed by atoms with E-state index in [-0.39, 0.29) is 0 Å². The quantitative estimate of drug-likeness (QED) is 0.768. The summed E-state index contributed by atoms with van der Waals surface area (Å²) < 4.78 is 11.3. The minimum Gasteiger partial charge on any atom is -0.463 e. The standard InChI is InChI=1S/C12H14BrO2/c1-12(2)14-8-10-7-9(5-6-13)3-4-11(10)15-12/h3-5,7H,6,8H2,1-2H3. The van der Waals surface area contributed by atoms with E-state index in [1.165, 1.54) is 5.56 Å². The summed E-state index contributed by atoms with van der Waals surface area (Å²) in [5, 5.41) is 0.860. The van der Waals surface area contributed by atoms with Gasteiger partial charge in [-0.2, -0.15) is 0 Å². The number of halogens is 1. The number of ether oxygens (including phenoxy) is 2. The fraction of sp³-hybridized carbons (Fsp3) is 0.417. The zero-order chi connectivity index (χ0) is 10.9. The second-order valence-corrected chi connectivity index (χ2v) is 4.66. The number of alkyl halides is 1. The van der Waals surface area contributed by atoms with Gasteiger partial charge in [0.15, 0.2) is 0 Å². The third-order valence-electron chi connectivity index (χ3n) is 2.33. The molecule has 1 aromatic carbocycles. The summed E-state index contributed by atoms with van der Waals surface area (Å²) in [6.45, 7) is 4.47. The van der Waals surface area contributed by atoms with Crippen LogP contribution in [0.5, 0.6) is 5.75 Å². The van der Waals surface area contributed by atoms with Gasteiger partial charge in [-0.1, -0.05) is 22.0 Å². The Balaban J connectivity index is 2.24. The van der Waals surface area contributed by atoms with E-state index < -0.39 is 5.79 Å². The van der Waals surface area contributed by atoms with Crippen LogP contribution in [0.3, 0.4) is 0 Å². The van der Waals surface area contributed by atoms with Gasteiger partial charge in [-0.15, -0.1) is 0 Å². The van der Waals surface area contributed by atoms with E-state index in [1.807, 2.05) is 19.9 Å². The second-order valence-electron chi connectivity index (χ2n) is 4.02. The lowest BCUT2D eigenvalue weighted by molar-refractivity contribution is -0.180. The number of rotatable bonds is 2. The normalized spacial score (nSPS) is 18.1. The van der Waals surface area contributed by atoms with E-state index in [2.05, 4.69) is 34.5 Å². The molecule has 2 nitrogen and oxygen atoms in total. The van der Waals surface area contributed by atoms with Crippen molar-refractivity contribution >= 4 is 15.9 Å². The lowest BCUT2D eigenvalue weighted by atomic mass is 10.1. The predicted octanol–water partition coefficient (Wildman–Crippen LogP) is 3.28. The molecule has 1 radical (unpaired) electrons. The Hall–Kier alpha value is -0.540. The summed E-state index contributed by atoms with van der Waals surface area (Å²) in [4.78, 5) is 0. The maximum absolute atomic E-state index is 5.70. The first-order valence-corrected chi connectivity index (χ1v) is 6.08. The summed E-state index contributed by atoms with van der Waals surface area (Å²) in [6, 6.07) is 6.17. The van der Waals surface area contributed by atoms with Crippen molar-refractivity contribution in [2.24, 2.45) is 0 Å². The topological polar surface area (TPSA) is 18.5 Å². The van der Waals surface area contributed by atoms with Gasteiger partial charge in [0.05, 0.1) is 6.61 Å². The van der Waals surface area contributed by atoms with Gasteiger partial charge in [0, 0.05) is 31.2 Å². The molecule has 1 aliphatic rings. The molecular weight excluding hydrogens is 256 g/mol. The van der Waals surface area contributed by atoms with Crippen LogP contribution in [0.2, 0.25) is 0 Å². The van der Waals surface area contributed by atoms with Gasteiger partial charge in [-0.05, 0) is 17.7 Å². The average Bonchev–Trinajstić information content (AvgIpc) is 2.18. The highest BCUT2D eigenvalue weighted by Crippen LogP contribution is 2.31. The van der Waals surface area contributed by atoms with Crippen molar-refractivity contribution in [1.29, 1.82) is 0 Å². The predicted molar refractivity (Wildman–Crippen MR) is 63.1 cm³/mol. The van der Waals surface area contributed by atoms with Gasteiger partial charge in [0.25, 0.3) is 0 Å². The van der Waals surface area contributed by atoms with Crippen molar-refractivity contribution in [1.82, 2.24) is 0 Å². The molecule has 0 unspecified atom stereocenters. The van der Waals surface area contributed by atoms with E-state index >= 15 is 0 Å². The molecule has 1 heterocycles. The maximum atomic E-state index is 5.70. The third-order valence-corrected chi connectivity index (χ3v) is 2.65. The SMILES string of the molecule is CC1(C)OCc2cc([CH]CBr)ccc2O1. The molecule has 0 amide bonds. The Morgan fingerprint density at radius 3 is 3.00 bits per heavy atom. The number of benzene rings is 1. The summed E-state index contributed by atoms with van der Waals surface area (Å²) in [7, 11) is 0. The largest absolute Gasteiger partial charge is 0.463 e. The first kappa shape index (κ1) is 11.0. The smallest absolute Gasteiger partial charge is 0.205 e. The molecule has 3 heteroatoms. The van der Waals surface area contributed by atoms with Gasteiger partial charge >= 0.3 is 0 Å². The molecule has 0 atom stereocenters. The van der Waals surface area contributed by atoms with Crippen LogP contribution < -0.4 is 4.74 Å². The van der Waals surface area contributed by atoms with Gasteiger partial charge < -0.3 is 9.47 Å². The van der Waals surface area contributed by atoms with Crippen molar-refractivity contribution in [3.63, 3.8) is 0 Å². The lowest BCUT2D eigenvalue weighted by Crippen LogP contribution is -2.35. The Bertz CT molecular complexity index is 361. The monoisotopic (exact) mass is 269 g/mol. The van der Waals surface area contributed by atoms with E-state index in [4.69, 9.17) is 9.47 Å². The Morgan fingerprint density at radius 2 is 2.27 bits per heavy atom. The van der Waals surface area contributed by atoms with Gasteiger partial charge in [0.2, 0.25) is 5.79 Å². The highest BCUT2D eigenvalue weighted by molar-refractivity contribution is 9.09. The van der Waals surface area contributed by atoms with Crippen LogP contribution in [0.15, 0.2) is 18.2 Å². The molecule has 2 rings (SSSR count). The minimum absolute atomic E-state index is 0.506. The Kier molecular flexibility index (Phi) is 3.03. The van der Waals surface area contributed by atoms with Crippen LogP contribution in [0.25, 0.3) is 0 Å². The molecule has 15 heavy (non-hydrogen) atoms. The van der Waals surface area contributed by atoms with Gasteiger partial charge in [-0.25, -0.2) is 0 Å². The molecule has 0 saturated heterocycles. The molecule has 81 valence electrons. The van der Waals surface area contributed by atoms with Crippen molar-refractivity contribution in [3.05, 3.63) is 35.7 Å². The number of hydrogen-bond donors (Lipinski definition) is 0. The number of hydrogen-bond acceptors (Lipinski definition) is 2. The van der Waals surface area contributed by atoms with Crippen LogP contribution >= 0.6 is 15.9 Å². The molecule has 0 bridgehead atoms.